The molecule has 162 valence electrons. The monoisotopic (exact) mass is 443 g/mol. The number of rotatable bonds is 8. The fourth-order valence-electron chi connectivity index (χ4n) is 2.56. The Morgan fingerprint density at radius 3 is 2.23 bits per heavy atom. The predicted molar refractivity (Wildman–Crippen MR) is 103 cm³/mol. The number of methoxy groups -OCH3 is 1. The molecule has 0 aromatic heterocycles. The molecule has 30 heavy (non-hydrogen) atoms. The molecule has 1 amide bonds. The summed E-state index contributed by atoms with van der Waals surface area (Å²) in [5.74, 6) is -1.75. The number of benzene rings is 2. The Kier molecular flexibility index (Phi) is 8.13. The number of nitrogens with one attached hydrogen (secondary N) is 1. The van der Waals surface area contributed by atoms with E-state index in [-0.39, 0.29) is 17.7 Å². The summed E-state index contributed by atoms with van der Waals surface area (Å²) >= 11 is 0. The molecule has 6 nitrogen and oxygen atoms in total. The Morgan fingerprint density at radius 2 is 1.70 bits per heavy atom. The van der Waals surface area contributed by atoms with Crippen molar-refractivity contribution in [3.63, 3.8) is 0 Å². The van der Waals surface area contributed by atoms with Crippen LogP contribution in [0.1, 0.15) is 23.7 Å². The SMILES string of the molecule is COC(=O)[C@H](CC[S@@](=O)c1ccccc1)NC(=O)[C@@H](O)c1ccc(C(F)(F)F)cc1. The Labute approximate surface area is 173 Å². The van der Waals surface area contributed by atoms with E-state index in [2.05, 4.69) is 10.1 Å². The average molecular weight is 443 g/mol. The molecule has 0 aliphatic heterocycles. The number of esters is 1. The molecule has 2 aromatic carbocycles. The molecule has 0 saturated heterocycles. The summed E-state index contributed by atoms with van der Waals surface area (Å²) in [5, 5.41) is 12.4. The largest absolute Gasteiger partial charge is 0.467 e. The van der Waals surface area contributed by atoms with Gasteiger partial charge in [0, 0.05) is 10.6 Å². The maximum atomic E-state index is 12.6. The lowest BCUT2D eigenvalue weighted by atomic mass is 10.1. The van der Waals surface area contributed by atoms with Crippen LogP contribution >= 0.6 is 0 Å². The first-order valence-electron chi connectivity index (χ1n) is 8.80. The van der Waals surface area contributed by atoms with E-state index in [1.54, 1.807) is 30.3 Å². The molecule has 0 saturated carbocycles. The van der Waals surface area contributed by atoms with Crippen molar-refractivity contribution in [2.45, 2.75) is 29.6 Å². The third-order valence-corrected chi connectivity index (χ3v) is 5.61. The van der Waals surface area contributed by atoms with E-state index >= 15 is 0 Å². The second-order valence-corrected chi connectivity index (χ2v) is 7.83. The van der Waals surface area contributed by atoms with Crippen LogP contribution in [0.25, 0.3) is 0 Å². The molecule has 0 aliphatic carbocycles. The van der Waals surface area contributed by atoms with E-state index in [9.17, 15) is 32.1 Å². The van der Waals surface area contributed by atoms with E-state index in [0.29, 0.717) is 4.90 Å². The maximum absolute atomic E-state index is 12.6. The van der Waals surface area contributed by atoms with Crippen LogP contribution in [0.2, 0.25) is 0 Å². The average Bonchev–Trinajstić information content (AvgIpc) is 2.75. The van der Waals surface area contributed by atoms with Crippen molar-refractivity contribution in [2.75, 3.05) is 12.9 Å². The van der Waals surface area contributed by atoms with Gasteiger partial charge in [0.05, 0.1) is 23.5 Å². The molecule has 0 heterocycles. The van der Waals surface area contributed by atoms with Crippen LogP contribution < -0.4 is 5.32 Å². The van der Waals surface area contributed by atoms with Crippen molar-refractivity contribution < 1.29 is 36.8 Å². The molecule has 0 fully saturated rings. The van der Waals surface area contributed by atoms with Crippen molar-refractivity contribution >= 4 is 22.7 Å². The Hall–Kier alpha value is -2.72. The van der Waals surface area contributed by atoms with Gasteiger partial charge in [-0.05, 0) is 36.2 Å². The van der Waals surface area contributed by atoms with E-state index in [0.717, 1.165) is 31.4 Å². The Balaban J connectivity index is 2.03. The van der Waals surface area contributed by atoms with Crippen LogP contribution in [0.15, 0.2) is 59.5 Å². The number of aliphatic hydroxyl groups is 1. The minimum absolute atomic E-state index is 0.0281. The first kappa shape index (κ1) is 23.6. The molecule has 0 spiro atoms. The number of hydrogen-bond acceptors (Lipinski definition) is 5. The maximum Gasteiger partial charge on any atom is 0.416 e. The van der Waals surface area contributed by atoms with Gasteiger partial charge in [0.25, 0.3) is 5.91 Å². The highest BCUT2D eigenvalue weighted by Gasteiger charge is 2.31. The number of alkyl halides is 3. The highest BCUT2D eigenvalue weighted by molar-refractivity contribution is 7.85. The highest BCUT2D eigenvalue weighted by atomic mass is 32.2. The first-order valence-corrected chi connectivity index (χ1v) is 10.1. The third-order valence-electron chi connectivity index (χ3n) is 4.20. The van der Waals surface area contributed by atoms with Crippen LogP contribution in [0.3, 0.4) is 0 Å². The number of aliphatic hydroxyl groups excluding tert-OH is 1. The molecule has 2 N–H and O–H groups in total. The molecular weight excluding hydrogens is 423 g/mol. The molecule has 0 bridgehead atoms. The van der Waals surface area contributed by atoms with Gasteiger partial charge in [-0.1, -0.05) is 30.3 Å². The minimum Gasteiger partial charge on any atom is -0.467 e. The van der Waals surface area contributed by atoms with Crippen LogP contribution in [0, 0.1) is 0 Å². The molecule has 0 unspecified atom stereocenters. The van der Waals surface area contributed by atoms with Crippen molar-refractivity contribution in [2.24, 2.45) is 0 Å². The molecule has 3 atom stereocenters. The quantitative estimate of drug-likeness (QED) is 0.612. The second kappa shape index (κ2) is 10.4. The van der Waals surface area contributed by atoms with E-state index in [4.69, 9.17) is 0 Å². The summed E-state index contributed by atoms with van der Waals surface area (Å²) in [6.07, 6.45) is -6.37. The standard InChI is InChI=1S/C20H20F3NO5S/c1-29-19(27)16(11-12-30(28)15-5-3-2-4-6-15)24-18(26)17(25)13-7-9-14(10-8-13)20(21,22)23/h2-10,16-17,25H,11-12H2,1H3,(H,24,26)/t16-,17-,30+/m0/s1. The highest BCUT2D eigenvalue weighted by Crippen LogP contribution is 2.30. The van der Waals surface area contributed by atoms with Gasteiger partial charge in [0.1, 0.15) is 6.04 Å². The smallest absolute Gasteiger partial charge is 0.416 e. The molecule has 0 aliphatic rings. The van der Waals surface area contributed by atoms with Crippen molar-refractivity contribution in [3.05, 3.63) is 65.7 Å². The zero-order valence-corrected chi connectivity index (χ0v) is 16.7. The zero-order chi connectivity index (χ0) is 22.3. The van der Waals surface area contributed by atoms with E-state index in [1.807, 2.05) is 0 Å². The lowest BCUT2D eigenvalue weighted by Crippen LogP contribution is -2.44. The normalized spacial score (nSPS) is 14.4. The first-order chi connectivity index (χ1) is 14.1. The number of halogens is 3. The number of carbonyl (C=O) groups excluding carboxylic acids is 2. The zero-order valence-electron chi connectivity index (χ0n) is 15.9. The lowest BCUT2D eigenvalue weighted by molar-refractivity contribution is -0.146. The lowest BCUT2D eigenvalue weighted by Gasteiger charge is -2.19. The summed E-state index contributed by atoms with van der Waals surface area (Å²) in [6.45, 7) is 0. The number of ether oxygens (including phenoxy) is 1. The fourth-order valence-corrected chi connectivity index (χ4v) is 3.71. The summed E-state index contributed by atoms with van der Waals surface area (Å²) in [4.78, 5) is 24.8. The van der Waals surface area contributed by atoms with Gasteiger partial charge in [-0.25, -0.2) is 4.79 Å². The van der Waals surface area contributed by atoms with Crippen LogP contribution in [-0.4, -0.2) is 40.1 Å². The van der Waals surface area contributed by atoms with Gasteiger partial charge in [0.2, 0.25) is 0 Å². The number of hydrogen-bond donors (Lipinski definition) is 2. The summed E-state index contributed by atoms with van der Waals surface area (Å²) < 4.78 is 54.9. The summed E-state index contributed by atoms with van der Waals surface area (Å²) in [5.41, 5.74) is -0.994. The van der Waals surface area contributed by atoms with Gasteiger partial charge in [-0.3, -0.25) is 9.00 Å². The van der Waals surface area contributed by atoms with Gasteiger partial charge in [-0.2, -0.15) is 13.2 Å². The van der Waals surface area contributed by atoms with Crippen LogP contribution in [0.4, 0.5) is 13.2 Å². The van der Waals surface area contributed by atoms with E-state index < -0.39 is 46.6 Å². The van der Waals surface area contributed by atoms with Crippen LogP contribution in [0.5, 0.6) is 0 Å². The minimum atomic E-state index is -4.55. The Bertz CT molecular complexity index is 888. The predicted octanol–water partition coefficient (Wildman–Crippen LogP) is 2.59. The van der Waals surface area contributed by atoms with Crippen LogP contribution in [-0.2, 0) is 31.3 Å². The van der Waals surface area contributed by atoms with Crippen molar-refractivity contribution in [1.29, 1.82) is 0 Å². The number of carbonyl (C=O) groups is 2. The van der Waals surface area contributed by atoms with E-state index in [1.165, 1.54) is 0 Å². The molecule has 10 heteroatoms. The second-order valence-electron chi connectivity index (χ2n) is 6.26. The fraction of sp³-hybridized carbons (Fsp3) is 0.300. The van der Waals surface area contributed by atoms with Gasteiger partial charge in [0.15, 0.2) is 6.10 Å². The third kappa shape index (κ3) is 6.39. The summed E-state index contributed by atoms with van der Waals surface area (Å²) in [7, 11) is -0.310. The summed E-state index contributed by atoms with van der Waals surface area (Å²) in [6, 6.07) is 10.8. The van der Waals surface area contributed by atoms with Crippen molar-refractivity contribution in [1.82, 2.24) is 5.32 Å². The topological polar surface area (TPSA) is 92.7 Å². The molecular formula is C20H20F3NO5S. The Morgan fingerprint density at radius 1 is 1.10 bits per heavy atom. The molecule has 0 radical (unpaired) electrons. The van der Waals surface area contributed by atoms with Gasteiger partial charge >= 0.3 is 12.1 Å². The number of amides is 1. The van der Waals surface area contributed by atoms with Gasteiger partial charge in [-0.15, -0.1) is 0 Å². The molecule has 2 aromatic rings. The molecule has 2 rings (SSSR count). The van der Waals surface area contributed by atoms with Gasteiger partial charge < -0.3 is 15.2 Å². The van der Waals surface area contributed by atoms with Crippen molar-refractivity contribution in [3.8, 4) is 0 Å².